The van der Waals surface area contributed by atoms with Crippen molar-refractivity contribution in [2.75, 3.05) is 6.54 Å². The van der Waals surface area contributed by atoms with Gasteiger partial charge in [0.2, 0.25) is 5.91 Å². The number of hydrogen-bond donors (Lipinski definition) is 4. The molecule has 0 radical (unpaired) electrons. The lowest BCUT2D eigenvalue weighted by atomic mass is 10.0. The molecular weight excluding hydrogens is 486 g/mol. The molecule has 0 unspecified atom stereocenters. The lowest BCUT2D eigenvalue weighted by Gasteiger charge is -2.27. The summed E-state index contributed by atoms with van der Waals surface area (Å²) in [5, 5.41) is 0. The third kappa shape index (κ3) is 5.80. The number of H-pyrrole nitrogens is 2. The van der Waals surface area contributed by atoms with Crippen LogP contribution in [0, 0.1) is 17.8 Å². The van der Waals surface area contributed by atoms with Gasteiger partial charge in [0.25, 0.3) is 0 Å². The summed E-state index contributed by atoms with van der Waals surface area (Å²) < 4.78 is 0. The Morgan fingerprint density at radius 2 is 1.46 bits per heavy atom. The zero-order valence-corrected chi connectivity index (χ0v) is 22.6. The molecule has 1 saturated heterocycles. The van der Waals surface area contributed by atoms with Crippen LogP contribution in [-0.2, 0) is 4.79 Å². The molecule has 1 amide bonds. The van der Waals surface area contributed by atoms with Gasteiger partial charge in [0.15, 0.2) is 0 Å². The van der Waals surface area contributed by atoms with Crippen molar-refractivity contribution in [3.05, 3.63) is 83.7 Å². The Bertz CT molecular complexity index is 1490. The highest BCUT2D eigenvalue weighted by Gasteiger charge is 2.35. The van der Waals surface area contributed by atoms with E-state index in [1.807, 2.05) is 80.4 Å². The Hall–Kier alpha value is -4.19. The molecule has 39 heavy (non-hydrogen) atoms. The van der Waals surface area contributed by atoms with E-state index in [2.05, 4.69) is 31.8 Å². The highest BCUT2D eigenvalue weighted by atomic mass is 16.2. The van der Waals surface area contributed by atoms with Gasteiger partial charge in [-0.25, -0.2) is 9.97 Å². The van der Waals surface area contributed by atoms with Gasteiger partial charge in [-0.15, -0.1) is 0 Å². The highest BCUT2D eigenvalue weighted by molar-refractivity contribution is 5.82. The number of nitrogens with one attached hydrogen (secondary N) is 2. The zero-order valence-electron chi connectivity index (χ0n) is 22.6. The number of nitrogens with two attached hydrogens (primary N) is 2. The van der Waals surface area contributed by atoms with Crippen LogP contribution < -0.4 is 11.5 Å². The molecule has 0 saturated carbocycles. The molecule has 200 valence electrons. The number of carbonyl (C=O) groups is 1. The standard InChI is InChI=1S/C31H35N7O/c1-19(2)28(33)31(39)38-16-4-5-27(38)30-35-18-26(37-30)24-14-10-22(11-15-24)7-6-21-8-12-23(13-9-21)25-17-34-29(36-25)20(3)32/h8-15,17-20,27-28H,4-5,16,32-33H2,1-3H3,(H,34,36)(H,35,37)/t20-,27-,28+/m0/s1. The number of amides is 1. The number of nitrogens with zero attached hydrogens (tertiary/aromatic N) is 3. The number of aromatic amines is 2. The predicted octanol–water partition coefficient (Wildman–Crippen LogP) is 4.53. The van der Waals surface area contributed by atoms with Crippen molar-refractivity contribution in [3.8, 4) is 34.4 Å². The molecule has 0 bridgehead atoms. The maximum Gasteiger partial charge on any atom is 0.240 e. The summed E-state index contributed by atoms with van der Waals surface area (Å²) in [6, 6.07) is 15.4. The molecule has 1 aliphatic rings. The molecule has 2 aromatic heterocycles. The van der Waals surface area contributed by atoms with Gasteiger partial charge in [-0.05, 0) is 61.1 Å². The Morgan fingerprint density at radius 1 is 0.897 bits per heavy atom. The van der Waals surface area contributed by atoms with Crippen LogP contribution in [0.2, 0.25) is 0 Å². The van der Waals surface area contributed by atoms with Gasteiger partial charge in [0, 0.05) is 17.7 Å². The molecule has 8 nitrogen and oxygen atoms in total. The van der Waals surface area contributed by atoms with E-state index in [9.17, 15) is 4.79 Å². The minimum Gasteiger partial charge on any atom is -0.341 e. The molecule has 5 rings (SSSR count). The molecule has 1 fully saturated rings. The molecule has 3 heterocycles. The molecule has 1 aliphatic heterocycles. The van der Waals surface area contributed by atoms with E-state index in [0.29, 0.717) is 6.54 Å². The molecule has 2 aromatic carbocycles. The predicted molar refractivity (Wildman–Crippen MR) is 153 cm³/mol. The number of aromatic nitrogens is 4. The molecule has 0 spiro atoms. The molecule has 0 aliphatic carbocycles. The summed E-state index contributed by atoms with van der Waals surface area (Å²) in [5.41, 5.74) is 17.8. The highest BCUT2D eigenvalue weighted by Crippen LogP contribution is 2.32. The van der Waals surface area contributed by atoms with Gasteiger partial charge in [-0.2, -0.15) is 0 Å². The fourth-order valence-electron chi connectivity index (χ4n) is 4.77. The number of likely N-dealkylation sites (tertiary alicyclic amines) is 1. The molecule has 8 heteroatoms. The van der Waals surface area contributed by atoms with E-state index in [1.54, 1.807) is 6.20 Å². The van der Waals surface area contributed by atoms with E-state index in [-0.39, 0.29) is 23.9 Å². The van der Waals surface area contributed by atoms with Crippen molar-refractivity contribution in [2.45, 2.75) is 51.7 Å². The lowest BCUT2D eigenvalue weighted by molar-refractivity contribution is -0.134. The van der Waals surface area contributed by atoms with E-state index in [1.165, 1.54) is 0 Å². The Labute approximate surface area is 229 Å². The summed E-state index contributed by atoms with van der Waals surface area (Å²) in [6.45, 7) is 6.57. The average Bonchev–Trinajstić information content (AvgIpc) is 3.72. The Kier molecular flexibility index (Phi) is 7.64. The third-order valence-corrected chi connectivity index (χ3v) is 7.22. The van der Waals surface area contributed by atoms with Crippen LogP contribution in [0.3, 0.4) is 0 Å². The first-order valence-corrected chi connectivity index (χ1v) is 13.4. The van der Waals surface area contributed by atoms with E-state index >= 15 is 0 Å². The van der Waals surface area contributed by atoms with Crippen LogP contribution in [0.25, 0.3) is 22.5 Å². The SMILES string of the molecule is CC(C)[C@@H](N)C(=O)N1CCC[C@H]1c1ncc(-c2ccc(C#Cc3ccc(-c4cnc([C@H](C)N)[nH]4)cc3)cc2)[nH]1. The first-order chi connectivity index (χ1) is 18.8. The summed E-state index contributed by atoms with van der Waals surface area (Å²) >= 11 is 0. The van der Waals surface area contributed by atoms with Gasteiger partial charge in [0.1, 0.15) is 11.6 Å². The topological polar surface area (TPSA) is 130 Å². The Morgan fingerprint density at radius 3 is 2.00 bits per heavy atom. The summed E-state index contributed by atoms with van der Waals surface area (Å²) in [6.07, 6.45) is 5.47. The van der Waals surface area contributed by atoms with E-state index in [0.717, 1.165) is 58.1 Å². The second kappa shape index (κ2) is 11.3. The second-order valence-corrected chi connectivity index (χ2v) is 10.5. The Balaban J connectivity index is 1.25. The molecular formula is C31H35N7O. The number of hydrogen-bond acceptors (Lipinski definition) is 5. The number of benzene rings is 2. The van der Waals surface area contributed by atoms with Gasteiger partial charge < -0.3 is 26.3 Å². The minimum atomic E-state index is -0.489. The van der Waals surface area contributed by atoms with Crippen LogP contribution in [0.5, 0.6) is 0 Å². The van der Waals surface area contributed by atoms with Crippen molar-refractivity contribution >= 4 is 5.91 Å². The largest absolute Gasteiger partial charge is 0.341 e. The van der Waals surface area contributed by atoms with E-state index in [4.69, 9.17) is 11.5 Å². The fraction of sp³-hybridized carbons (Fsp3) is 0.323. The quantitative estimate of drug-likeness (QED) is 0.277. The first kappa shape index (κ1) is 26.4. The van der Waals surface area contributed by atoms with Gasteiger partial charge >= 0.3 is 0 Å². The van der Waals surface area contributed by atoms with Crippen molar-refractivity contribution < 1.29 is 4.79 Å². The molecule has 4 aromatic rings. The van der Waals surface area contributed by atoms with Crippen LogP contribution in [0.4, 0.5) is 0 Å². The van der Waals surface area contributed by atoms with Crippen molar-refractivity contribution in [2.24, 2.45) is 17.4 Å². The van der Waals surface area contributed by atoms with Crippen LogP contribution in [0.15, 0.2) is 60.9 Å². The van der Waals surface area contributed by atoms with Gasteiger partial charge in [-0.1, -0.05) is 50.0 Å². The summed E-state index contributed by atoms with van der Waals surface area (Å²) in [5.74, 6) is 8.15. The first-order valence-electron chi connectivity index (χ1n) is 13.4. The smallest absolute Gasteiger partial charge is 0.240 e. The summed E-state index contributed by atoms with van der Waals surface area (Å²) in [4.78, 5) is 30.4. The fourth-order valence-corrected chi connectivity index (χ4v) is 4.77. The zero-order chi connectivity index (χ0) is 27.5. The molecule has 6 N–H and O–H groups in total. The molecule has 3 atom stereocenters. The van der Waals surface area contributed by atoms with Gasteiger partial charge in [-0.3, -0.25) is 4.79 Å². The minimum absolute atomic E-state index is 0.000286. The van der Waals surface area contributed by atoms with E-state index < -0.39 is 6.04 Å². The third-order valence-electron chi connectivity index (χ3n) is 7.22. The van der Waals surface area contributed by atoms with Crippen LogP contribution in [-0.4, -0.2) is 43.3 Å². The van der Waals surface area contributed by atoms with Crippen molar-refractivity contribution in [1.29, 1.82) is 0 Å². The number of rotatable bonds is 6. The average molecular weight is 522 g/mol. The maximum absolute atomic E-state index is 12.9. The monoisotopic (exact) mass is 521 g/mol. The van der Waals surface area contributed by atoms with Crippen molar-refractivity contribution in [3.63, 3.8) is 0 Å². The maximum atomic E-state index is 12.9. The van der Waals surface area contributed by atoms with Crippen LogP contribution >= 0.6 is 0 Å². The number of carbonyl (C=O) groups excluding carboxylic acids is 1. The normalized spacial score (nSPS) is 16.7. The van der Waals surface area contributed by atoms with Gasteiger partial charge in [0.05, 0.1) is 41.9 Å². The number of imidazole rings is 2. The second-order valence-electron chi connectivity index (χ2n) is 10.5. The summed E-state index contributed by atoms with van der Waals surface area (Å²) in [7, 11) is 0. The van der Waals surface area contributed by atoms with Crippen molar-refractivity contribution in [1.82, 2.24) is 24.8 Å². The lowest BCUT2D eigenvalue weighted by Crippen LogP contribution is -2.46. The van der Waals surface area contributed by atoms with Crippen LogP contribution in [0.1, 0.15) is 68.5 Å².